The number of hydrogen-bond donors (Lipinski definition) is 1. The SMILES string of the molecule is CCNC(CC)c1ccc(-c2cccc3cnccc23)s1. The molecule has 108 valence electrons. The first kappa shape index (κ1) is 14.2. The molecule has 2 nitrogen and oxygen atoms in total. The molecule has 0 saturated heterocycles. The van der Waals surface area contributed by atoms with Crippen molar-refractivity contribution in [3.63, 3.8) is 0 Å². The third-order valence-corrected chi connectivity index (χ3v) is 5.01. The third-order valence-electron chi connectivity index (χ3n) is 3.78. The Hall–Kier alpha value is -1.71. The Morgan fingerprint density at radius 2 is 2.05 bits per heavy atom. The summed E-state index contributed by atoms with van der Waals surface area (Å²) < 4.78 is 0. The van der Waals surface area contributed by atoms with Crippen LogP contribution in [0.3, 0.4) is 0 Å². The molecular weight excluding hydrogens is 276 g/mol. The molecule has 0 amide bonds. The molecule has 0 aliphatic carbocycles. The Kier molecular flexibility index (Phi) is 4.32. The second-order valence-electron chi connectivity index (χ2n) is 5.12. The van der Waals surface area contributed by atoms with E-state index in [0.717, 1.165) is 13.0 Å². The van der Waals surface area contributed by atoms with E-state index in [-0.39, 0.29) is 0 Å². The lowest BCUT2D eigenvalue weighted by molar-refractivity contribution is 0.545. The van der Waals surface area contributed by atoms with Gasteiger partial charge < -0.3 is 5.32 Å². The Labute approximate surface area is 129 Å². The number of nitrogens with one attached hydrogen (secondary N) is 1. The monoisotopic (exact) mass is 296 g/mol. The van der Waals surface area contributed by atoms with Crippen LogP contribution in [0.15, 0.2) is 48.8 Å². The van der Waals surface area contributed by atoms with Gasteiger partial charge in [-0.3, -0.25) is 4.98 Å². The van der Waals surface area contributed by atoms with E-state index in [0.29, 0.717) is 6.04 Å². The maximum atomic E-state index is 4.21. The fraction of sp³-hybridized carbons (Fsp3) is 0.278. The molecule has 3 aromatic rings. The smallest absolute Gasteiger partial charge is 0.0412 e. The Morgan fingerprint density at radius 3 is 2.86 bits per heavy atom. The third kappa shape index (κ3) is 2.85. The Bertz CT molecular complexity index is 727. The van der Waals surface area contributed by atoms with Gasteiger partial charge in [0.15, 0.2) is 0 Å². The maximum absolute atomic E-state index is 4.21. The van der Waals surface area contributed by atoms with Gasteiger partial charge in [0.2, 0.25) is 0 Å². The molecule has 0 fully saturated rings. The summed E-state index contributed by atoms with van der Waals surface area (Å²) in [6.07, 6.45) is 4.92. The molecule has 1 aromatic carbocycles. The lowest BCUT2D eigenvalue weighted by Crippen LogP contribution is -2.18. The van der Waals surface area contributed by atoms with Crippen molar-refractivity contribution in [3.05, 3.63) is 53.7 Å². The van der Waals surface area contributed by atoms with Gasteiger partial charge in [0.1, 0.15) is 0 Å². The van der Waals surface area contributed by atoms with E-state index >= 15 is 0 Å². The van der Waals surface area contributed by atoms with E-state index < -0.39 is 0 Å². The zero-order valence-electron chi connectivity index (χ0n) is 12.5. The lowest BCUT2D eigenvalue weighted by Gasteiger charge is -2.13. The number of rotatable bonds is 5. The fourth-order valence-electron chi connectivity index (χ4n) is 2.71. The summed E-state index contributed by atoms with van der Waals surface area (Å²) in [7, 11) is 0. The molecule has 2 aromatic heterocycles. The average molecular weight is 296 g/mol. The predicted octanol–water partition coefficient (Wildman–Crippen LogP) is 5.02. The number of thiophene rings is 1. The highest BCUT2D eigenvalue weighted by Gasteiger charge is 2.12. The summed E-state index contributed by atoms with van der Waals surface area (Å²) >= 11 is 1.89. The molecule has 0 spiro atoms. The molecule has 0 bridgehead atoms. The van der Waals surface area contributed by atoms with Crippen LogP contribution in [0.1, 0.15) is 31.2 Å². The van der Waals surface area contributed by atoms with Crippen LogP contribution in [0.2, 0.25) is 0 Å². The first-order valence-corrected chi connectivity index (χ1v) is 8.31. The molecule has 3 rings (SSSR count). The van der Waals surface area contributed by atoms with Crippen molar-refractivity contribution >= 4 is 22.1 Å². The highest BCUT2D eigenvalue weighted by atomic mass is 32.1. The van der Waals surface area contributed by atoms with Crippen LogP contribution < -0.4 is 5.32 Å². The predicted molar refractivity (Wildman–Crippen MR) is 91.8 cm³/mol. The number of pyridine rings is 1. The molecule has 1 unspecified atom stereocenters. The minimum atomic E-state index is 0.463. The van der Waals surface area contributed by atoms with Crippen LogP contribution >= 0.6 is 11.3 Å². The van der Waals surface area contributed by atoms with Gasteiger partial charge in [-0.05, 0) is 42.1 Å². The zero-order valence-corrected chi connectivity index (χ0v) is 13.3. The number of fused-ring (bicyclic) bond motifs is 1. The fourth-order valence-corrected chi connectivity index (χ4v) is 3.92. The van der Waals surface area contributed by atoms with Crippen LogP contribution in [0, 0.1) is 0 Å². The van der Waals surface area contributed by atoms with Crippen molar-refractivity contribution in [1.82, 2.24) is 10.3 Å². The highest BCUT2D eigenvalue weighted by molar-refractivity contribution is 7.15. The molecule has 2 heterocycles. The van der Waals surface area contributed by atoms with Gasteiger partial charge in [0, 0.05) is 33.6 Å². The Morgan fingerprint density at radius 1 is 1.14 bits per heavy atom. The van der Waals surface area contributed by atoms with Crippen molar-refractivity contribution < 1.29 is 0 Å². The molecule has 0 saturated carbocycles. The summed E-state index contributed by atoms with van der Waals surface area (Å²) in [5.74, 6) is 0. The minimum absolute atomic E-state index is 0.463. The van der Waals surface area contributed by atoms with E-state index in [1.54, 1.807) is 0 Å². The van der Waals surface area contributed by atoms with Crippen molar-refractivity contribution in [1.29, 1.82) is 0 Å². The van der Waals surface area contributed by atoms with Crippen molar-refractivity contribution in [2.75, 3.05) is 6.54 Å². The average Bonchev–Trinajstić information content (AvgIpc) is 3.01. The summed E-state index contributed by atoms with van der Waals surface area (Å²) in [6, 6.07) is 13.5. The normalized spacial score (nSPS) is 12.7. The van der Waals surface area contributed by atoms with Gasteiger partial charge >= 0.3 is 0 Å². The standard InChI is InChI=1S/C18H20N2S/c1-3-16(20-4-2)18-9-8-17(21-18)15-7-5-6-13-12-19-11-10-14(13)15/h5-12,16,20H,3-4H2,1-2H3. The topological polar surface area (TPSA) is 24.9 Å². The van der Waals surface area contributed by atoms with Crippen LogP contribution in [-0.4, -0.2) is 11.5 Å². The van der Waals surface area contributed by atoms with E-state index in [1.807, 2.05) is 23.7 Å². The van der Waals surface area contributed by atoms with Gasteiger partial charge in [-0.1, -0.05) is 32.0 Å². The van der Waals surface area contributed by atoms with E-state index in [1.165, 1.54) is 26.1 Å². The number of benzene rings is 1. The van der Waals surface area contributed by atoms with E-state index in [9.17, 15) is 0 Å². The van der Waals surface area contributed by atoms with Crippen molar-refractivity contribution in [3.8, 4) is 10.4 Å². The number of aromatic nitrogens is 1. The maximum Gasteiger partial charge on any atom is 0.0412 e. The van der Waals surface area contributed by atoms with Gasteiger partial charge in [-0.15, -0.1) is 11.3 Å². The van der Waals surface area contributed by atoms with Crippen LogP contribution in [-0.2, 0) is 0 Å². The van der Waals surface area contributed by atoms with Gasteiger partial charge in [0.05, 0.1) is 0 Å². The lowest BCUT2D eigenvalue weighted by atomic mass is 10.1. The van der Waals surface area contributed by atoms with E-state index in [4.69, 9.17) is 0 Å². The summed E-state index contributed by atoms with van der Waals surface area (Å²) in [6.45, 7) is 5.40. The van der Waals surface area contributed by atoms with Gasteiger partial charge in [0.25, 0.3) is 0 Å². The molecule has 0 radical (unpaired) electrons. The summed E-state index contributed by atoms with van der Waals surface area (Å²) in [5.41, 5.74) is 1.30. The molecular formula is C18H20N2S. The molecule has 3 heteroatoms. The first-order chi connectivity index (χ1) is 10.3. The van der Waals surface area contributed by atoms with Crippen LogP contribution in [0.5, 0.6) is 0 Å². The largest absolute Gasteiger partial charge is 0.310 e. The first-order valence-electron chi connectivity index (χ1n) is 7.49. The highest BCUT2D eigenvalue weighted by Crippen LogP contribution is 2.36. The number of nitrogens with zero attached hydrogens (tertiary/aromatic N) is 1. The van der Waals surface area contributed by atoms with Gasteiger partial charge in [-0.25, -0.2) is 0 Å². The second-order valence-corrected chi connectivity index (χ2v) is 6.24. The zero-order chi connectivity index (χ0) is 14.7. The molecule has 1 atom stereocenters. The number of hydrogen-bond acceptors (Lipinski definition) is 3. The summed E-state index contributed by atoms with van der Waals surface area (Å²) in [4.78, 5) is 6.96. The van der Waals surface area contributed by atoms with E-state index in [2.05, 4.69) is 60.5 Å². The Balaban J connectivity index is 2.02. The van der Waals surface area contributed by atoms with Gasteiger partial charge in [-0.2, -0.15) is 0 Å². The summed E-state index contributed by atoms with van der Waals surface area (Å²) in [5, 5.41) is 6.02. The van der Waals surface area contributed by atoms with Crippen molar-refractivity contribution in [2.24, 2.45) is 0 Å². The molecule has 21 heavy (non-hydrogen) atoms. The van der Waals surface area contributed by atoms with Crippen molar-refractivity contribution in [2.45, 2.75) is 26.3 Å². The molecule has 1 N–H and O–H groups in total. The van der Waals surface area contributed by atoms with Crippen LogP contribution in [0.4, 0.5) is 0 Å². The molecule has 0 aliphatic rings. The minimum Gasteiger partial charge on any atom is -0.310 e. The molecule has 0 aliphatic heterocycles. The quantitative estimate of drug-likeness (QED) is 0.714. The second kappa shape index (κ2) is 6.37. The van der Waals surface area contributed by atoms with Crippen LogP contribution in [0.25, 0.3) is 21.2 Å².